The molecule has 19 nitrogen and oxygen atoms in total. The van der Waals surface area contributed by atoms with Gasteiger partial charge < -0.3 is 62.9 Å². The maximum Gasteiger partial charge on any atom is 0.366 e. The standard InChI is InChI=1S/C34H47NO18/c1-17(36)35-26-23(49-19(3)38)13-34(33(43)45-7,53-30(26)29(51-21(5)40)25(50-20(4)39)15-46-18(2)37)48-16-24-27(41)31(28(42)32(44-6)52-24)47-14-22-11-9-8-10-12-22/h8-12,23-32,41-42H,13-16H2,1-7H3,(H,35,36)/t23-,24+,25+,26+,27-,28+,29-,30+,31-,32+,34+/m0/s1. The smallest absolute Gasteiger partial charge is 0.366 e. The van der Waals surface area contributed by atoms with Crippen molar-refractivity contribution >= 4 is 35.8 Å². The molecule has 19 heteroatoms. The second-order valence-corrected chi connectivity index (χ2v) is 12.3. The van der Waals surface area contributed by atoms with Gasteiger partial charge in [0, 0.05) is 41.7 Å². The van der Waals surface area contributed by atoms with Crippen LogP contribution in [0.25, 0.3) is 0 Å². The summed E-state index contributed by atoms with van der Waals surface area (Å²) in [5.74, 6) is -7.99. The van der Waals surface area contributed by atoms with E-state index in [-0.39, 0.29) is 6.61 Å². The highest BCUT2D eigenvalue weighted by Gasteiger charge is 2.60. The number of nitrogens with one attached hydrogen (secondary N) is 1. The SMILES string of the molecule is COC(=O)[C@@]1(OC[C@H]2O[C@@H](OC)[C@H](O)[C@@H](OCc3ccccc3)[C@H]2O)C[C@H](OC(C)=O)[C@@H](NC(C)=O)[C@H]([C@@H](OC(C)=O)[C@@H](COC(C)=O)OC(C)=O)O1. The summed E-state index contributed by atoms with van der Waals surface area (Å²) in [7, 11) is 2.24. The number of amides is 1. The van der Waals surface area contributed by atoms with Crippen molar-refractivity contribution in [1.29, 1.82) is 0 Å². The van der Waals surface area contributed by atoms with Gasteiger partial charge >= 0.3 is 29.8 Å². The van der Waals surface area contributed by atoms with Crippen molar-refractivity contribution in [2.75, 3.05) is 27.4 Å². The molecule has 0 aliphatic carbocycles. The topological polar surface area (TPSA) is 247 Å². The minimum Gasteiger partial charge on any atom is -0.465 e. The number of hydrogen-bond donors (Lipinski definition) is 3. The number of carbonyl (C=O) groups excluding carboxylic acids is 6. The molecule has 296 valence electrons. The van der Waals surface area contributed by atoms with Crippen molar-refractivity contribution in [2.45, 2.75) is 115 Å². The molecule has 1 amide bonds. The summed E-state index contributed by atoms with van der Waals surface area (Å²) in [6, 6.07) is 7.50. The third kappa shape index (κ3) is 11.9. The molecule has 2 heterocycles. The van der Waals surface area contributed by atoms with Gasteiger partial charge in [0.2, 0.25) is 5.91 Å². The summed E-state index contributed by atoms with van der Waals surface area (Å²) in [4.78, 5) is 75.1. The molecular weight excluding hydrogens is 710 g/mol. The van der Waals surface area contributed by atoms with Crippen LogP contribution in [-0.2, 0) is 82.7 Å². The van der Waals surface area contributed by atoms with Gasteiger partial charge in [0.25, 0.3) is 5.79 Å². The quantitative estimate of drug-likeness (QED) is 0.138. The predicted octanol–water partition coefficient (Wildman–Crippen LogP) is -0.797. The summed E-state index contributed by atoms with van der Waals surface area (Å²) in [6.07, 6.45) is -14.3. The molecular formula is C34H47NO18. The first-order valence-corrected chi connectivity index (χ1v) is 16.5. The molecule has 3 N–H and O–H groups in total. The summed E-state index contributed by atoms with van der Waals surface area (Å²) in [5, 5.41) is 24.8. The van der Waals surface area contributed by atoms with E-state index in [2.05, 4.69) is 5.32 Å². The monoisotopic (exact) mass is 757 g/mol. The highest BCUT2D eigenvalue weighted by molar-refractivity contribution is 5.79. The minimum absolute atomic E-state index is 0.0104. The number of methoxy groups -OCH3 is 2. The van der Waals surface area contributed by atoms with Crippen LogP contribution in [0.5, 0.6) is 0 Å². The third-order valence-electron chi connectivity index (χ3n) is 8.14. The average molecular weight is 758 g/mol. The van der Waals surface area contributed by atoms with E-state index in [0.717, 1.165) is 47.3 Å². The lowest BCUT2D eigenvalue weighted by atomic mass is 9.87. The number of rotatable bonds is 16. The molecule has 2 aliphatic rings. The van der Waals surface area contributed by atoms with Gasteiger partial charge in [-0.1, -0.05) is 30.3 Å². The van der Waals surface area contributed by atoms with Crippen LogP contribution < -0.4 is 5.32 Å². The van der Waals surface area contributed by atoms with Crippen LogP contribution in [0, 0.1) is 0 Å². The molecule has 0 saturated carbocycles. The van der Waals surface area contributed by atoms with E-state index in [0.29, 0.717) is 0 Å². The van der Waals surface area contributed by atoms with Gasteiger partial charge in [-0.3, -0.25) is 24.0 Å². The van der Waals surface area contributed by atoms with Crippen molar-refractivity contribution in [1.82, 2.24) is 5.32 Å². The number of aliphatic hydroxyl groups excluding tert-OH is 2. The molecule has 1 aromatic carbocycles. The van der Waals surface area contributed by atoms with Crippen molar-refractivity contribution in [3.8, 4) is 0 Å². The zero-order valence-electron chi connectivity index (χ0n) is 30.4. The fourth-order valence-electron chi connectivity index (χ4n) is 5.96. The van der Waals surface area contributed by atoms with Crippen LogP contribution in [0.4, 0.5) is 0 Å². The maximum atomic E-state index is 13.7. The Morgan fingerprint density at radius 2 is 1.57 bits per heavy atom. The normalized spacial score (nSPS) is 29.5. The fourth-order valence-corrected chi connectivity index (χ4v) is 5.96. The van der Waals surface area contributed by atoms with Crippen molar-refractivity contribution < 1.29 is 86.3 Å². The Hall–Kier alpha value is -4.24. The van der Waals surface area contributed by atoms with Gasteiger partial charge in [-0.2, -0.15) is 0 Å². The molecule has 0 spiro atoms. The summed E-state index contributed by atoms with van der Waals surface area (Å²) in [6.45, 7) is 3.91. The first-order chi connectivity index (χ1) is 25.0. The van der Waals surface area contributed by atoms with E-state index < -0.39 is 122 Å². The number of ether oxygens (including phenoxy) is 10. The molecule has 53 heavy (non-hydrogen) atoms. The van der Waals surface area contributed by atoms with E-state index in [1.54, 1.807) is 30.3 Å². The highest BCUT2D eigenvalue weighted by Crippen LogP contribution is 2.38. The van der Waals surface area contributed by atoms with Crippen LogP contribution in [0.15, 0.2) is 30.3 Å². The predicted molar refractivity (Wildman–Crippen MR) is 174 cm³/mol. The Balaban J connectivity index is 2.08. The molecule has 2 fully saturated rings. The van der Waals surface area contributed by atoms with E-state index >= 15 is 0 Å². The van der Waals surface area contributed by atoms with Gasteiger partial charge in [-0.15, -0.1) is 0 Å². The number of hydrogen-bond acceptors (Lipinski definition) is 18. The van der Waals surface area contributed by atoms with E-state index in [1.807, 2.05) is 0 Å². The second kappa shape index (κ2) is 19.7. The van der Waals surface area contributed by atoms with Gasteiger partial charge in [-0.25, -0.2) is 4.79 Å². The van der Waals surface area contributed by atoms with Gasteiger partial charge in [0.05, 0.1) is 32.8 Å². The molecule has 1 aromatic rings. The second-order valence-electron chi connectivity index (χ2n) is 12.3. The Labute approximate surface area is 305 Å². The molecule has 2 aliphatic heterocycles. The largest absolute Gasteiger partial charge is 0.465 e. The van der Waals surface area contributed by atoms with Crippen molar-refractivity contribution in [3.63, 3.8) is 0 Å². The van der Waals surface area contributed by atoms with E-state index in [9.17, 15) is 39.0 Å². The first-order valence-electron chi connectivity index (χ1n) is 16.5. The third-order valence-corrected chi connectivity index (χ3v) is 8.14. The summed E-state index contributed by atoms with van der Waals surface area (Å²) < 4.78 is 55.8. The molecule has 0 unspecified atom stereocenters. The van der Waals surface area contributed by atoms with Gasteiger partial charge in [0.15, 0.2) is 18.5 Å². The van der Waals surface area contributed by atoms with Crippen LogP contribution in [0.3, 0.4) is 0 Å². The Bertz CT molecular complexity index is 1430. The number of esters is 5. The van der Waals surface area contributed by atoms with Crippen molar-refractivity contribution in [3.05, 3.63) is 35.9 Å². The fraction of sp³-hybridized carbons (Fsp3) is 0.647. The van der Waals surface area contributed by atoms with E-state index in [4.69, 9.17) is 47.4 Å². The van der Waals surface area contributed by atoms with E-state index in [1.165, 1.54) is 7.11 Å². The van der Waals surface area contributed by atoms with Crippen LogP contribution >= 0.6 is 0 Å². The average Bonchev–Trinajstić information content (AvgIpc) is 3.09. The lowest BCUT2D eigenvalue weighted by Crippen LogP contribution is -2.69. The maximum absolute atomic E-state index is 13.7. The lowest BCUT2D eigenvalue weighted by Gasteiger charge is -2.49. The van der Waals surface area contributed by atoms with Crippen LogP contribution in [0.1, 0.15) is 46.6 Å². The molecule has 0 aromatic heterocycles. The molecule has 0 radical (unpaired) electrons. The summed E-state index contributed by atoms with van der Waals surface area (Å²) in [5.41, 5.74) is 0.736. The Morgan fingerprint density at radius 1 is 0.906 bits per heavy atom. The van der Waals surface area contributed by atoms with Gasteiger partial charge in [-0.05, 0) is 5.56 Å². The molecule has 0 bridgehead atoms. The number of carbonyl (C=O) groups is 6. The zero-order chi connectivity index (χ0) is 39.5. The Kier molecular flexibility index (Phi) is 16.1. The number of benzene rings is 1. The van der Waals surface area contributed by atoms with Crippen LogP contribution in [0.2, 0.25) is 0 Å². The van der Waals surface area contributed by atoms with Crippen molar-refractivity contribution in [2.24, 2.45) is 0 Å². The molecule has 3 rings (SSSR count). The molecule has 11 atom stereocenters. The molecule has 2 saturated heterocycles. The minimum atomic E-state index is -2.57. The highest BCUT2D eigenvalue weighted by atomic mass is 16.8. The van der Waals surface area contributed by atoms with Crippen LogP contribution in [-0.4, -0.2) is 140 Å². The summed E-state index contributed by atoms with van der Waals surface area (Å²) >= 11 is 0. The first kappa shape index (κ1) is 43.2. The Morgan fingerprint density at radius 3 is 2.11 bits per heavy atom. The number of aliphatic hydroxyl groups is 2. The lowest BCUT2D eigenvalue weighted by molar-refractivity contribution is -0.340. The zero-order valence-corrected chi connectivity index (χ0v) is 30.4. The van der Waals surface area contributed by atoms with Gasteiger partial charge in [0.1, 0.15) is 43.2 Å².